The average molecular weight is 238 g/mol. The fourth-order valence-corrected chi connectivity index (χ4v) is 1.96. The summed E-state index contributed by atoms with van der Waals surface area (Å²) in [5.41, 5.74) is 0. The van der Waals surface area contributed by atoms with Crippen LogP contribution in [0.5, 0.6) is 0 Å². The van der Waals surface area contributed by atoms with Crippen molar-refractivity contribution < 1.29 is 4.42 Å². The molecule has 0 aromatic carbocycles. The zero-order chi connectivity index (χ0) is 12.5. The first-order valence-corrected chi connectivity index (χ1v) is 6.71. The van der Waals surface area contributed by atoms with Crippen molar-refractivity contribution in [2.75, 3.05) is 26.2 Å². The van der Waals surface area contributed by atoms with Crippen molar-refractivity contribution >= 4 is 0 Å². The van der Waals surface area contributed by atoms with Gasteiger partial charge in [-0.3, -0.25) is 4.90 Å². The molecule has 1 rings (SSSR count). The molecule has 17 heavy (non-hydrogen) atoms. The van der Waals surface area contributed by atoms with Crippen molar-refractivity contribution in [3.63, 3.8) is 0 Å². The average Bonchev–Trinajstić information content (AvgIpc) is 2.81. The van der Waals surface area contributed by atoms with Gasteiger partial charge in [-0.1, -0.05) is 20.8 Å². The molecule has 1 aromatic heterocycles. The van der Waals surface area contributed by atoms with E-state index in [9.17, 15) is 0 Å². The highest BCUT2D eigenvalue weighted by atomic mass is 16.3. The largest absolute Gasteiger partial charge is 0.468 e. The van der Waals surface area contributed by atoms with Crippen LogP contribution in [-0.2, 0) is 6.54 Å². The summed E-state index contributed by atoms with van der Waals surface area (Å²) >= 11 is 0. The van der Waals surface area contributed by atoms with E-state index in [0.717, 1.165) is 38.5 Å². The Bertz CT molecular complexity index is 272. The number of hydrogen-bond acceptors (Lipinski definition) is 3. The molecule has 0 fully saturated rings. The number of furan rings is 1. The van der Waals surface area contributed by atoms with Crippen LogP contribution in [0.25, 0.3) is 0 Å². The van der Waals surface area contributed by atoms with Gasteiger partial charge in [0.05, 0.1) is 12.8 Å². The second kappa shape index (κ2) is 8.31. The number of rotatable bonds is 9. The topological polar surface area (TPSA) is 28.4 Å². The van der Waals surface area contributed by atoms with Gasteiger partial charge >= 0.3 is 0 Å². The minimum absolute atomic E-state index is 0.677. The Labute approximate surface area is 105 Å². The molecule has 1 aromatic rings. The minimum Gasteiger partial charge on any atom is -0.468 e. The first-order chi connectivity index (χ1) is 8.26. The number of nitrogens with one attached hydrogen (secondary N) is 1. The third-order valence-electron chi connectivity index (χ3n) is 2.90. The Morgan fingerprint density at radius 2 is 2.24 bits per heavy atom. The molecule has 0 radical (unpaired) electrons. The molecule has 0 aliphatic heterocycles. The standard InChI is InChI=1S/C14H26N2O/c1-4-8-15-10-13(3)11-16(5-2)12-14-7-6-9-17-14/h6-7,9,13,15H,4-5,8,10-12H2,1-3H3. The Hall–Kier alpha value is -0.800. The van der Waals surface area contributed by atoms with Crippen LogP contribution in [0.4, 0.5) is 0 Å². The van der Waals surface area contributed by atoms with Gasteiger partial charge in [-0.2, -0.15) is 0 Å². The van der Waals surface area contributed by atoms with Crippen molar-refractivity contribution in [3.05, 3.63) is 24.2 Å². The molecular formula is C14H26N2O. The predicted molar refractivity (Wildman–Crippen MR) is 72.0 cm³/mol. The molecule has 0 saturated heterocycles. The summed E-state index contributed by atoms with van der Waals surface area (Å²) in [5.74, 6) is 1.73. The maximum Gasteiger partial charge on any atom is 0.117 e. The van der Waals surface area contributed by atoms with Gasteiger partial charge in [-0.25, -0.2) is 0 Å². The Morgan fingerprint density at radius 3 is 2.82 bits per heavy atom. The smallest absolute Gasteiger partial charge is 0.117 e. The van der Waals surface area contributed by atoms with Crippen LogP contribution in [0.1, 0.15) is 33.0 Å². The highest BCUT2D eigenvalue weighted by Gasteiger charge is 2.10. The first kappa shape index (κ1) is 14.3. The van der Waals surface area contributed by atoms with Crippen LogP contribution in [0.3, 0.4) is 0 Å². The van der Waals surface area contributed by atoms with E-state index in [4.69, 9.17) is 4.42 Å². The molecule has 98 valence electrons. The van der Waals surface area contributed by atoms with Crippen molar-refractivity contribution in [2.45, 2.75) is 33.7 Å². The summed E-state index contributed by atoms with van der Waals surface area (Å²) < 4.78 is 5.39. The van der Waals surface area contributed by atoms with Crippen LogP contribution in [0.15, 0.2) is 22.8 Å². The second-order valence-corrected chi connectivity index (χ2v) is 4.72. The molecule has 1 atom stereocenters. The summed E-state index contributed by atoms with van der Waals surface area (Å²) in [6.07, 6.45) is 2.95. The Balaban J connectivity index is 2.26. The monoisotopic (exact) mass is 238 g/mol. The maximum atomic E-state index is 5.39. The van der Waals surface area contributed by atoms with E-state index in [1.54, 1.807) is 6.26 Å². The third kappa shape index (κ3) is 5.89. The van der Waals surface area contributed by atoms with E-state index in [1.807, 2.05) is 12.1 Å². The van der Waals surface area contributed by atoms with Crippen LogP contribution < -0.4 is 5.32 Å². The van der Waals surface area contributed by atoms with E-state index in [1.165, 1.54) is 6.42 Å². The quantitative estimate of drug-likeness (QED) is 0.671. The van der Waals surface area contributed by atoms with Gasteiger partial charge in [0.1, 0.15) is 5.76 Å². The van der Waals surface area contributed by atoms with Gasteiger partial charge < -0.3 is 9.73 Å². The molecule has 1 unspecified atom stereocenters. The van der Waals surface area contributed by atoms with Crippen LogP contribution >= 0.6 is 0 Å². The molecule has 1 N–H and O–H groups in total. The highest BCUT2D eigenvalue weighted by molar-refractivity contribution is 4.97. The lowest BCUT2D eigenvalue weighted by Gasteiger charge is -2.23. The van der Waals surface area contributed by atoms with Gasteiger partial charge in [-0.15, -0.1) is 0 Å². The highest BCUT2D eigenvalue weighted by Crippen LogP contribution is 2.07. The molecule has 0 bridgehead atoms. The van der Waals surface area contributed by atoms with Crippen LogP contribution in [-0.4, -0.2) is 31.1 Å². The molecule has 0 spiro atoms. The number of nitrogens with zero attached hydrogens (tertiary/aromatic N) is 1. The molecular weight excluding hydrogens is 212 g/mol. The summed E-state index contributed by atoms with van der Waals surface area (Å²) in [6.45, 7) is 12.0. The van der Waals surface area contributed by atoms with Gasteiger partial charge in [-0.05, 0) is 44.1 Å². The minimum atomic E-state index is 0.677. The first-order valence-electron chi connectivity index (χ1n) is 6.71. The molecule has 0 aliphatic rings. The van der Waals surface area contributed by atoms with Gasteiger partial charge in [0.15, 0.2) is 0 Å². The van der Waals surface area contributed by atoms with E-state index >= 15 is 0 Å². The van der Waals surface area contributed by atoms with Gasteiger partial charge in [0.2, 0.25) is 0 Å². The fraction of sp³-hybridized carbons (Fsp3) is 0.714. The Morgan fingerprint density at radius 1 is 1.41 bits per heavy atom. The molecule has 0 aliphatic carbocycles. The van der Waals surface area contributed by atoms with Crippen molar-refractivity contribution in [3.8, 4) is 0 Å². The summed E-state index contributed by atoms with van der Waals surface area (Å²) in [4.78, 5) is 2.43. The molecule has 3 nitrogen and oxygen atoms in total. The normalized spacial score (nSPS) is 13.2. The van der Waals surface area contributed by atoms with Crippen molar-refractivity contribution in [1.29, 1.82) is 0 Å². The zero-order valence-corrected chi connectivity index (χ0v) is 11.4. The molecule has 0 saturated carbocycles. The fourth-order valence-electron chi connectivity index (χ4n) is 1.96. The lowest BCUT2D eigenvalue weighted by molar-refractivity contribution is 0.221. The SMILES string of the molecule is CCCNCC(C)CN(CC)Cc1ccco1. The van der Waals surface area contributed by atoms with Crippen LogP contribution in [0, 0.1) is 5.92 Å². The van der Waals surface area contributed by atoms with Gasteiger partial charge in [0.25, 0.3) is 0 Å². The summed E-state index contributed by atoms with van der Waals surface area (Å²) in [7, 11) is 0. The third-order valence-corrected chi connectivity index (χ3v) is 2.90. The van der Waals surface area contributed by atoms with E-state index in [0.29, 0.717) is 5.92 Å². The van der Waals surface area contributed by atoms with E-state index in [-0.39, 0.29) is 0 Å². The van der Waals surface area contributed by atoms with Gasteiger partial charge in [0, 0.05) is 6.54 Å². The lowest BCUT2D eigenvalue weighted by Crippen LogP contribution is -2.33. The van der Waals surface area contributed by atoms with E-state index < -0.39 is 0 Å². The zero-order valence-electron chi connectivity index (χ0n) is 11.4. The maximum absolute atomic E-state index is 5.39. The van der Waals surface area contributed by atoms with Crippen LogP contribution in [0.2, 0.25) is 0 Å². The molecule has 3 heteroatoms. The van der Waals surface area contributed by atoms with Crippen molar-refractivity contribution in [2.24, 2.45) is 5.92 Å². The van der Waals surface area contributed by atoms with Crippen molar-refractivity contribution in [1.82, 2.24) is 10.2 Å². The molecule has 0 amide bonds. The number of hydrogen-bond donors (Lipinski definition) is 1. The summed E-state index contributed by atoms with van der Waals surface area (Å²) in [5, 5.41) is 3.47. The molecule has 1 heterocycles. The summed E-state index contributed by atoms with van der Waals surface area (Å²) in [6, 6.07) is 4.00. The van der Waals surface area contributed by atoms with E-state index in [2.05, 4.69) is 31.0 Å². The predicted octanol–water partition coefficient (Wildman–Crippen LogP) is 2.74. The lowest BCUT2D eigenvalue weighted by atomic mass is 10.1. The second-order valence-electron chi connectivity index (χ2n) is 4.72. The Kier molecular flexibility index (Phi) is 6.97.